The van der Waals surface area contributed by atoms with Crippen LogP contribution in [0.25, 0.3) is 0 Å². The number of amides is 2. The fraction of sp³-hybridized carbons (Fsp3) is 0.211. The van der Waals surface area contributed by atoms with Crippen molar-refractivity contribution in [3.05, 3.63) is 54.1 Å². The number of aldehydes is 1. The van der Waals surface area contributed by atoms with Crippen LogP contribution in [0.15, 0.2) is 48.5 Å². The van der Waals surface area contributed by atoms with Crippen LogP contribution in [0.4, 0.5) is 11.4 Å². The maximum atomic E-state index is 12.8. The molecule has 2 amide bonds. The van der Waals surface area contributed by atoms with E-state index in [2.05, 4.69) is 5.32 Å². The molecule has 0 aromatic heterocycles. The fourth-order valence-corrected chi connectivity index (χ4v) is 2.81. The van der Waals surface area contributed by atoms with Crippen molar-refractivity contribution < 1.29 is 19.1 Å². The topological polar surface area (TPSA) is 75.7 Å². The predicted octanol–water partition coefficient (Wildman–Crippen LogP) is 2.64. The van der Waals surface area contributed by atoms with Gasteiger partial charge in [0.25, 0.3) is 5.91 Å². The maximum absolute atomic E-state index is 12.8. The van der Waals surface area contributed by atoms with Gasteiger partial charge in [0.15, 0.2) is 12.9 Å². The molecule has 1 heterocycles. The van der Waals surface area contributed by atoms with E-state index in [1.165, 1.54) is 4.90 Å². The third kappa shape index (κ3) is 2.98. The molecule has 0 atom stereocenters. The highest BCUT2D eigenvalue weighted by Crippen LogP contribution is 2.36. The normalized spacial score (nSPS) is 15.1. The van der Waals surface area contributed by atoms with Gasteiger partial charge in [0.05, 0.1) is 16.9 Å². The molecule has 6 nitrogen and oxygen atoms in total. The number of ether oxygens (including phenoxy) is 1. The van der Waals surface area contributed by atoms with E-state index >= 15 is 0 Å². The minimum Gasteiger partial charge on any atom is -0.483 e. The lowest BCUT2D eigenvalue weighted by Crippen LogP contribution is -2.59. The zero-order chi connectivity index (χ0) is 18.0. The van der Waals surface area contributed by atoms with Crippen LogP contribution in [0.5, 0.6) is 5.75 Å². The highest BCUT2D eigenvalue weighted by Gasteiger charge is 2.43. The van der Waals surface area contributed by atoms with E-state index in [4.69, 9.17) is 4.74 Å². The van der Waals surface area contributed by atoms with Crippen LogP contribution in [-0.2, 0) is 9.59 Å². The minimum absolute atomic E-state index is 0.271. The molecule has 0 aliphatic carbocycles. The summed E-state index contributed by atoms with van der Waals surface area (Å²) < 4.78 is 5.53. The molecule has 6 heteroatoms. The van der Waals surface area contributed by atoms with E-state index in [-0.39, 0.29) is 18.4 Å². The second kappa shape index (κ2) is 6.39. The van der Waals surface area contributed by atoms with Crippen LogP contribution in [0, 0.1) is 0 Å². The number of nitrogens with one attached hydrogen (secondary N) is 1. The van der Waals surface area contributed by atoms with E-state index in [1.54, 1.807) is 62.4 Å². The van der Waals surface area contributed by atoms with E-state index in [9.17, 15) is 14.4 Å². The summed E-state index contributed by atoms with van der Waals surface area (Å²) >= 11 is 0. The minimum atomic E-state index is -1.06. The summed E-state index contributed by atoms with van der Waals surface area (Å²) in [5.41, 5.74) is 0.503. The Morgan fingerprint density at radius 1 is 1.16 bits per heavy atom. The predicted molar refractivity (Wildman–Crippen MR) is 94.0 cm³/mol. The molecule has 0 saturated heterocycles. The molecule has 0 spiro atoms. The third-order valence-corrected chi connectivity index (χ3v) is 4.15. The molecule has 0 bridgehead atoms. The standard InChI is InChI=1S/C19H18N2O4/c1-19(2)18(24)20-14-8-4-5-9-15(14)21(19)17(23)12-25-16-10-6-3-7-13(16)11-22/h3-11H,12H2,1-2H3,(H,20,24). The number of hydrogen-bond acceptors (Lipinski definition) is 4. The summed E-state index contributed by atoms with van der Waals surface area (Å²) in [5.74, 6) is -0.306. The van der Waals surface area contributed by atoms with Gasteiger partial charge in [-0.25, -0.2) is 0 Å². The summed E-state index contributed by atoms with van der Waals surface area (Å²) in [6.45, 7) is 3.07. The number of hydrogen-bond donors (Lipinski definition) is 1. The highest BCUT2D eigenvalue weighted by molar-refractivity contribution is 6.14. The first-order valence-electron chi connectivity index (χ1n) is 7.85. The van der Waals surface area contributed by atoms with Gasteiger partial charge >= 0.3 is 0 Å². The van der Waals surface area contributed by atoms with Crippen LogP contribution in [0.2, 0.25) is 0 Å². The van der Waals surface area contributed by atoms with Crippen molar-refractivity contribution in [2.45, 2.75) is 19.4 Å². The third-order valence-electron chi connectivity index (χ3n) is 4.15. The first-order valence-corrected chi connectivity index (χ1v) is 7.85. The number of anilines is 2. The van der Waals surface area contributed by atoms with Gasteiger partial charge in [-0.05, 0) is 38.1 Å². The molecular weight excluding hydrogens is 320 g/mol. The summed E-state index contributed by atoms with van der Waals surface area (Å²) in [6.07, 6.45) is 0.674. The summed E-state index contributed by atoms with van der Waals surface area (Å²) in [7, 11) is 0. The molecule has 1 N–H and O–H groups in total. The lowest BCUT2D eigenvalue weighted by Gasteiger charge is -2.41. The smallest absolute Gasteiger partial charge is 0.265 e. The lowest BCUT2D eigenvalue weighted by molar-refractivity contribution is -0.127. The number of carbonyl (C=O) groups excluding carboxylic acids is 3. The van der Waals surface area contributed by atoms with Crippen LogP contribution in [-0.4, -0.2) is 30.2 Å². The van der Waals surface area contributed by atoms with Crippen LogP contribution in [0.3, 0.4) is 0 Å². The highest BCUT2D eigenvalue weighted by atomic mass is 16.5. The van der Waals surface area contributed by atoms with Gasteiger partial charge in [-0.2, -0.15) is 0 Å². The van der Waals surface area contributed by atoms with Gasteiger partial charge in [-0.15, -0.1) is 0 Å². The average Bonchev–Trinajstić information content (AvgIpc) is 2.60. The second-order valence-corrected chi connectivity index (χ2v) is 6.20. The number of nitrogens with zero attached hydrogens (tertiary/aromatic N) is 1. The molecule has 0 fully saturated rings. The van der Waals surface area contributed by atoms with Crippen molar-refractivity contribution in [3.63, 3.8) is 0 Å². The second-order valence-electron chi connectivity index (χ2n) is 6.20. The van der Waals surface area contributed by atoms with Crippen LogP contribution < -0.4 is 15.0 Å². The first-order chi connectivity index (χ1) is 11.9. The summed E-state index contributed by atoms with van der Waals surface area (Å²) in [4.78, 5) is 37.7. The molecule has 0 unspecified atom stereocenters. The Hall–Kier alpha value is -3.15. The van der Waals surface area contributed by atoms with E-state index < -0.39 is 5.54 Å². The van der Waals surface area contributed by atoms with Gasteiger partial charge in [-0.3, -0.25) is 19.3 Å². The molecule has 1 aliphatic rings. The average molecular weight is 338 g/mol. The zero-order valence-electron chi connectivity index (χ0n) is 14.0. The van der Waals surface area contributed by atoms with Crippen molar-refractivity contribution >= 4 is 29.5 Å². The van der Waals surface area contributed by atoms with Crippen molar-refractivity contribution in [1.82, 2.24) is 0 Å². The Kier molecular flexibility index (Phi) is 4.27. The molecule has 128 valence electrons. The van der Waals surface area contributed by atoms with Crippen LogP contribution >= 0.6 is 0 Å². The van der Waals surface area contributed by atoms with Gasteiger partial charge in [0, 0.05) is 0 Å². The van der Waals surface area contributed by atoms with Gasteiger partial charge < -0.3 is 10.1 Å². The van der Waals surface area contributed by atoms with Crippen molar-refractivity contribution in [2.75, 3.05) is 16.8 Å². The Balaban J connectivity index is 1.87. The number of benzene rings is 2. The van der Waals surface area contributed by atoms with Gasteiger partial charge in [-0.1, -0.05) is 24.3 Å². The van der Waals surface area contributed by atoms with Crippen molar-refractivity contribution in [3.8, 4) is 5.75 Å². The van der Waals surface area contributed by atoms with Gasteiger partial charge in [0.2, 0.25) is 5.91 Å². The van der Waals surface area contributed by atoms with E-state index in [0.717, 1.165) is 0 Å². The van der Waals surface area contributed by atoms with Crippen molar-refractivity contribution in [2.24, 2.45) is 0 Å². The quantitative estimate of drug-likeness (QED) is 0.870. The number of para-hydroxylation sites is 3. The molecular formula is C19H18N2O4. The molecule has 0 saturated carbocycles. The zero-order valence-corrected chi connectivity index (χ0v) is 14.0. The van der Waals surface area contributed by atoms with E-state index in [1.807, 2.05) is 0 Å². The van der Waals surface area contributed by atoms with Crippen molar-refractivity contribution in [1.29, 1.82) is 0 Å². The fourth-order valence-electron chi connectivity index (χ4n) is 2.81. The van der Waals surface area contributed by atoms with Gasteiger partial charge in [0.1, 0.15) is 11.3 Å². The monoisotopic (exact) mass is 338 g/mol. The Morgan fingerprint density at radius 2 is 1.84 bits per heavy atom. The molecule has 1 aliphatic heterocycles. The Bertz CT molecular complexity index is 845. The largest absolute Gasteiger partial charge is 0.483 e. The number of rotatable bonds is 4. The lowest BCUT2D eigenvalue weighted by atomic mass is 9.96. The van der Waals surface area contributed by atoms with E-state index in [0.29, 0.717) is 29.0 Å². The first kappa shape index (κ1) is 16.7. The molecule has 2 aromatic rings. The maximum Gasteiger partial charge on any atom is 0.265 e. The molecule has 0 radical (unpaired) electrons. The summed E-state index contributed by atoms with van der Waals surface area (Å²) in [5, 5.41) is 2.81. The summed E-state index contributed by atoms with van der Waals surface area (Å²) in [6, 6.07) is 13.8. The van der Waals surface area contributed by atoms with Crippen LogP contribution in [0.1, 0.15) is 24.2 Å². The SMILES string of the molecule is CC1(C)C(=O)Nc2ccccc2N1C(=O)COc1ccccc1C=O. The molecule has 25 heavy (non-hydrogen) atoms. The number of fused-ring (bicyclic) bond motifs is 1. The molecule has 2 aromatic carbocycles. The number of carbonyl (C=O) groups is 3. The molecule has 3 rings (SSSR count). The Labute approximate surface area is 145 Å². The Morgan fingerprint density at radius 3 is 2.60 bits per heavy atom.